The second-order valence-electron chi connectivity index (χ2n) is 1.55. The molecular formula is C5H7NOS. The van der Waals surface area contributed by atoms with Crippen molar-refractivity contribution in [3.63, 3.8) is 0 Å². The highest BCUT2D eigenvalue weighted by Crippen LogP contribution is 2.12. The van der Waals surface area contributed by atoms with E-state index in [1.807, 2.05) is 5.94 Å². The van der Waals surface area contributed by atoms with Crippen molar-refractivity contribution in [2.24, 2.45) is 0 Å². The number of thioether (sulfide) groups is 1. The van der Waals surface area contributed by atoms with Gasteiger partial charge in [-0.1, -0.05) is 0 Å². The van der Waals surface area contributed by atoms with Gasteiger partial charge in [-0.3, -0.25) is 0 Å². The molecule has 0 aliphatic carbocycles. The van der Waals surface area contributed by atoms with Crippen molar-refractivity contribution in [3.05, 3.63) is 4.91 Å². The quantitative estimate of drug-likeness (QED) is 0.468. The van der Waals surface area contributed by atoms with Crippen LogP contribution in [0.2, 0.25) is 0 Å². The third-order valence-corrected chi connectivity index (χ3v) is 1.94. The lowest BCUT2D eigenvalue weighted by Gasteiger charge is -2.10. The van der Waals surface area contributed by atoms with E-state index < -0.39 is 0 Å². The van der Waals surface area contributed by atoms with Crippen LogP contribution in [0.5, 0.6) is 0 Å². The third kappa shape index (κ3) is 1.37. The summed E-state index contributed by atoms with van der Waals surface area (Å²) < 4.78 is 0. The van der Waals surface area contributed by atoms with Crippen LogP contribution in [0.4, 0.5) is 0 Å². The molecular weight excluding hydrogens is 122 g/mol. The minimum absolute atomic E-state index is 0.716. The van der Waals surface area contributed by atoms with Gasteiger partial charge in [-0.2, -0.15) is 0 Å². The van der Waals surface area contributed by atoms with Gasteiger partial charge >= 0.3 is 0 Å². The average Bonchev–Trinajstić information content (AvgIpc) is 1.90. The van der Waals surface area contributed by atoms with E-state index in [1.165, 1.54) is 0 Å². The smallest absolute Gasteiger partial charge is 0.136 e. The first-order chi connectivity index (χ1) is 3.93. The van der Waals surface area contributed by atoms with Crippen molar-refractivity contribution in [2.75, 3.05) is 18.8 Å². The van der Waals surface area contributed by atoms with Crippen molar-refractivity contribution in [3.8, 4) is 0 Å². The largest absolute Gasteiger partial charge is 0.311 e. The number of hydrogen-bond donors (Lipinski definition) is 1. The molecule has 1 heterocycles. The van der Waals surface area contributed by atoms with Gasteiger partial charge in [0.25, 0.3) is 0 Å². The molecule has 0 radical (unpaired) electrons. The van der Waals surface area contributed by atoms with E-state index in [1.54, 1.807) is 11.8 Å². The van der Waals surface area contributed by atoms with Gasteiger partial charge in [0.1, 0.15) is 5.94 Å². The first-order valence-electron chi connectivity index (χ1n) is 2.51. The second-order valence-corrected chi connectivity index (χ2v) is 2.74. The molecule has 0 unspecified atom stereocenters. The summed E-state index contributed by atoms with van der Waals surface area (Å²) >= 11 is 1.59. The number of carbonyl (C=O) groups excluding carboxylic acids is 1. The molecule has 1 aliphatic rings. The normalized spacial score (nSPS) is 20.2. The Hall–Kier alpha value is -0.240. The topological polar surface area (TPSA) is 29.1 Å². The monoisotopic (exact) mass is 129 g/mol. The van der Waals surface area contributed by atoms with E-state index in [4.69, 9.17) is 0 Å². The van der Waals surface area contributed by atoms with Gasteiger partial charge in [-0.05, 0) is 0 Å². The maximum Gasteiger partial charge on any atom is 0.136 e. The van der Waals surface area contributed by atoms with Gasteiger partial charge in [0.05, 0.1) is 4.91 Å². The molecule has 3 heteroatoms. The maximum atomic E-state index is 9.94. The lowest BCUT2D eigenvalue weighted by Crippen LogP contribution is -2.24. The van der Waals surface area contributed by atoms with Crippen LogP contribution in [-0.4, -0.2) is 24.8 Å². The summed E-state index contributed by atoms with van der Waals surface area (Å²) in [6.45, 7) is 1.73. The van der Waals surface area contributed by atoms with Gasteiger partial charge in [0.2, 0.25) is 0 Å². The summed E-state index contributed by atoms with van der Waals surface area (Å²) in [4.78, 5) is 10.7. The molecule has 1 aliphatic heterocycles. The van der Waals surface area contributed by atoms with Crippen molar-refractivity contribution in [1.82, 2.24) is 5.32 Å². The fraction of sp³-hybridized carbons (Fsp3) is 0.600. The van der Waals surface area contributed by atoms with E-state index in [2.05, 4.69) is 5.32 Å². The van der Waals surface area contributed by atoms with Crippen LogP contribution in [0.25, 0.3) is 0 Å². The van der Waals surface area contributed by atoms with Gasteiger partial charge in [0, 0.05) is 18.8 Å². The zero-order valence-electron chi connectivity index (χ0n) is 4.44. The average molecular weight is 129 g/mol. The zero-order chi connectivity index (χ0) is 5.82. The predicted molar refractivity (Wildman–Crippen MR) is 34.5 cm³/mol. The van der Waals surface area contributed by atoms with E-state index in [-0.39, 0.29) is 0 Å². The zero-order valence-corrected chi connectivity index (χ0v) is 5.25. The Morgan fingerprint density at radius 1 is 1.75 bits per heavy atom. The molecule has 1 fully saturated rings. The Morgan fingerprint density at radius 3 is 3.00 bits per heavy atom. The third-order valence-electron chi connectivity index (χ3n) is 0.955. The van der Waals surface area contributed by atoms with Crippen LogP contribution in [0, 0.1) is 0 Å². The van der Waals surface area contributed by atoms with Crippen molar-refractivity contribution < 1.29 is 4.79 Å². The number of nitrogens with one attached hydrogen (secondary N) is 1. The Kier molecular flexibility index (Phi) is 2.15. The molecule has 1 rings (SSSR count). The van der Waals surface area contributed by atoms with Crippen LogP contribution in [0.3, 0.4) is 0 Å². The fourth-order valence-electron chi connectivity index (χ4n) is 0.565. The Balaban J connectivity index is 2.45. The minimum Gasteiger partial charge on any atom is -0.311 e. The number of rotatable bonds is 0. The highest BCUT2D eigenvalue weighted by molar-refractivity contribution is 8.03. The van der Waals surface area contributed by atoms with E-state index >= 15 is 0 Å². The Labute approximate surface area is 52.3 Å². The van der Waals surface area contributed by atoms with Gasteiger partial charge in [-0.25, -0.2) is 4.79 Å². The van der Waals surface area contributed by atoms with Gasteiger partial charge in [-0.15, -0.1) is 11.8 Å². The summed E-state index contributed by atoms with van der Waals surface area (Å²) in [5, 5.41) is 3.07. The van der Waals surface area contributed by atoms with Gasteiger partial charge in [0.15, 0.2) is 0 Å². The van der Waals surface area contributed by atoms with Crippen LogP contribution in [0.15, 0.2) is 4.91 Å². The van der Waals surface area contributed by atoms with Crippen LogP contribution < -0.4 is 5.32 Å². The summed E-state index contributed by atoms with van der Waals surface area (Å²) in [6, 6.07) is 0. The minimum atomic E-state index is 0.716. The van der Waals surface area contributed by atoms with Crippen LogP contribution in [-0.2, 0) is 4.79 Å². The molecule has 8 heavy (non-hydrogen) atoms. The summed E-state index contributed by atoms with van der Waals surface area (Å²) in [5.41, 5.74) is 0. The van der Waals surface area contributed by atoms with Crippen LogP contribution >= 0.6 is 11.8 Å². The predicted octanol–water partition coefficient (Wildman–Crippen LogP) is 0.0383. The summed E-state index contributed by atoms with van der Waals surface area (Å²) in [5.74, 6) is 2.88. The maximum absolute atomic E-state index is 9.94. The fourth-order valence-corrected chi connectivity index (χ4v) is 1.32. The molecule has 0 saturated carbocycles. The van der Waals surface area contributed by atoms with Crippen LogP contribution in [0.1, 0.15) is 0 Å². The molecule has 1 N–H and O–H groups in total. The molecule has 0 spiro atoms. The van der Waals surface area contributed by atoms with Crippen molar-refractivity contribution in [2.45, 2.75) is 0 Å². The molecule has 0 aromatic rings. The summed E-state index contributed by atoms with van der Waals surface area (Å²) in [7, 11) is 0. The Morgan fingerprint density at radius 2 is 2.62 bits per heavy atom. The van der Waals surface area contributed by atoms with E-state index in [0.717, 1.165) is 17.2 Å². The molecule has 0 atom stereocenters. The SMILES string of the molecule is O=C=C1CNCCS1. The Bertz CT molecular complexity index is 120. The van der Waals surface area contributed by atoms with Gasteiger partial charge < -0.3 is 5.32 Å². The highest BCUT2D eigenvalue weighted by Gasteiger charge is 2.03. The molecule has 0 aromatic carbocycles. The lowest BCUT2D eigenvalue weighted by molar-refractivity contribution is 0.567. The summed E-state index contributed by atoms with van der Waals surface area (Å²) in [6.07, 6.45) is 0. The molecule has 0 bridgehead atoms. The molecule has 2 nitrogen and oxygen atoms in total. The molecule has 44 valence electrons. The lowest BCUT2D eigenvalue weighted by atomic mass is 10.5. The van der Waals surface area contributed by atoms with E-state index in [0.29, 0.717) is 6.54 Å². The highest BCUT2D eigenvalue weighted by atomic mass is 32.2. The molecule has 0 aromatic heterocycles. The molecule has 1 saturated heterocycles. The van der Waals surface area contributed by atoms with Crippen molar-refractivity contribution >= 4 is 17.7 Å². The number of hydrogen-bond acceptors (Lipinski definition) is 3. The first-order valence-corrected chi connectivity index (χ1v) is 3.49. The standard InChI is InChI=1S/C5H7NOS/c7-4-5-3-6-1-2-8-5/h6H,1-3H2. The second kappa shape index (κ2) is 2.92. The van der Waals surface area contributed by atoms with Crippen molar-refractivity contribution in [1.29, 1.82) is 0 Å². The van der Waals surface area contributed by atoms with E-state index in [9.17, 15) is 4.79 Å². The molecule has 0 amide bonds. The first kappa shape index (κ1) is 5.89.